The molecule has 0 radical (unpaired) electrons. The molecular formula is C14H25BrN4. The smallest absolute Gasteiger partial charge is 0.0767 e. The fraction of sp³-hybridized carbons (Fsp3) is 0.786. The van der Waals surface area contributed by atoms with E-state index in [1.165, 1.54) is 22.3 Å². The second kappa shape index (κ2) is 6.86. The Bertz CT molecular complexity index is 410. The lowest BCUT2D eigenvalue weighted by molar-refractivity contribution is 0.204. The van der Waals surface area contributed by atoms with Gasteiger partial charge in [0.25, 0.3) is 0 Å². The first-order valence-corrected chi connectivity index (χ1v) is 8.19. The predicted molar refractivity (Wildman–Crippen MR) is 82.3 cm³/mol. The summed E-state index contributed by atoms with van der Waals surface area (Å²) in [5.74, 6) is 0. The number of likely N-dealkylation sites (N-methyl/N-ethyl adjacent to an activating group) is 1. The molecule has 19 heavy (non-hydrogen) atoms. The van der Waals surface area contributed by atoms with Gasteiger partial charge in [-0.15, -0.1) is 0 Å². The fourth-order valence-corrected chi connectivity index (χ4v) is 3.50. The third kappa shape index (κ3) is 3.20. The van der Waals surface area contributed by atoms with Crippen LogP contribution in [0.2, 0.25) is 0 Å². The molecule has 1 aliphatic heterocycles. The molecule has 108 valence electrons. The van der Waals surface area contributed by atoms with Gasteiger partial charge in [-0.05, 0) is 48.8 Å². The summed E-state index contributed by atoms with van der Waals surface area (Å²) < 4.78 is 3.36. The van der Waals surface area contributed by atoms with Crippen LogP contribution >= 0.6 is 15.9 Å². The van der Waals surface area contributed by atoms with Crippen molar-refractivity contribution in [3.8, 4) is 0 Å². The number of hydrogen-bond donors (Lipinski definition) is 1. The number of aryl methyl sites for hydroxylation is 2. The van der Waals surface area contributed by atoms with Crippen LogP contribution in [0.3, 0.4) is 0 Å². The van der Waals surface area contributed by atoms with Gasteiger partial charge in [0, 0.05) is 25.7 Å². The van der Waals surface area contributed by atoms with Crippen molar-refractivity contribution in [2.45, 2.75) is 52.7 Å². The Balaban J connectivity index is 2.18. The van der Waals surface area contributed by atoms with Crippen molar-refractivity contribution in [2.24, 2.45) is 0 Å². The van der Waals surface area contributed by atoms with E-state index in [0.717, 1.165) is 39.1 Å². The van der Waals surface area contributed by atoms with Gasteiger partial charge in [-0.3, -0.25) is 9.58 Å². The minimum atomic E-state index is 0.669. The molecule has 1 N–H and O–H groups in total. The van der Waals surface area contributed by atoms with Gasteiger partial charge in [0.15, 0.2) is 0 Å². The minimum Gasteiger partial charge on any atom is -0.315 e. The monoisotopic (exact) mass is 328 g/mol. The normalized spacial score (nSPS) is 19.5. The Morgan fingerprint density at radius 3 is 2.74 bits per heavy atom. The zero-order valence-corrected chi connectivity index (χ0v) is 13.8. The molecule has 1 unspecified atom stereocenters. The summed E-state index contributed by atoms with van der Waals surface area (Å²) >= 11 is 3.74. The van der Waals surface area contributed by atoms with E-state index in [1.807, 2.05) is 0 Å². The molecule has 1 saturated heterocycles. The number of aromatic nitrogens is 2. The summed E-state index contributed by atoms with van der Waals surface area (Å²) in [5.41, 5.74) is 2.51. The maximum atomic E-state index is 4.69. The van der Waals surface area contributed by atoms with Crippen LogP contribution in [-0.2, 0) is 19.5 Å². The molecule has 1 fully saturated rings. The maximum absolute atomic E-state index is 4.69. The molecule has 0 saturated carbocycles. The van der Waals surface area contributed by atoms with Crippen LogP contribution in [0.5, 0.6) is 0 Å². The van der Waals surface area contributed by atoms with E-state index in [-0.39, 0.29) is 0 Å². The van der Waals surface area contributed by atoms with Gasteiger partial charge in [0.1, 0.15) is 0 Å². The summed E-state index contributed by atoms with van der Waals surface area (Å²) in [5, 5.41) is 8.14. The van der Waals surface area contributed by atoms with Gasteiger partial charge in [-0.1, -0.05) is 13.8 Å². The Kier molecular flexibility index (Phi) is 5.42. The number of halogens is 1. The molecule has 0 aromatic carbocycles. The average molecular weight is 329 g/mol. The van der Waals surface area contributed by atoms with Crippen LogP contribution < -0.4 is 5.32 Å². The van der Waals surface area contributed by atoms with E-state index in [0.29, 0.717) is 6.04 Å². The van der Waals surface area contributed by atoms with E-state index >= 15 is 0 Å². The second-order valence-electron chi connectivity index (χ2n) is 5.09. The Hall–Kier alpha value is -0.390. The van der Waals surface area contributed by atoms with Gasteiger partial charge in [0.2, 0.25) is 0 Å². The summed E-state index contributed by atoms with van der Waals surface area (Å²) in [4.78, 5) is 2.56. The molecule has 1 aromatic rings. The van der Waals surface area contributed by atoms with Crippen molar-refractivity contribution in [1.82, 2.24) is 20.0 Å². The zero-order valence-electron chi connectivity index (χ0n) is 12.2. The molecule has 0 amide bonds. The molecular weight excluding hydrogens is 304 g/mol. The van der Waals surface area contributed by atoms with Crippen LogP contribution in [0, 0.1) is 0 Å². The predicted octanol–water partition coefficient (Wildman–Crippen LogP) is 2.41. The van der Waals surface area contributed by atoms with Crippen LogP contribution in [0.1, 0.15) is 38.6 Å². The summed E-state index contributed by atoms with van der Waals surface area (Å²) in [6.07, 6.45) is 2.24. The zero-order chi connectivity index (χ0) is 13.8. The largest absolute Gasteiger partial charge is 0.315 e. The highest BCUT2D eigenvalue weighted by Crippen LogP contribution is 2.25. The molecule has 5 heteroatoms. The minimum absolute atomic E-state index is 0.669. The molecule has 4 nitrogen and oxygen atoms in total. The van der Waals surface area contributed by atoms with Crippen molar-refractivity contribution < 1.29 is 0 Å². The quantitative estimate of drug-likeness (QED) is 0.870. The number of rotatable bonds is 6. The number of hydrogen-bond acceptors (Lipinski definition) is 3. The third-order valence-corrected chi connectivity index (χ3v) is 4.92. The molecule has 2 heterocycles. The highest BCUT2D eigenvalue weighted by atomic mass is 79.9. The Morgan fingerprint density at radius 2 is 2.21 bits per heavy atom. The van der Waals surface area contributed by atoms with Crippen molar-refractivity contribution in [1.29, 1.82) is 0 Å². The van der Waals surface area contributed by atoms with E-state index < -0.39 is 0 Å². The molecule has 0 bridgehead atoms. The van der Waals surface area contributed by atoms with Gasteiger partial charge in [-0.2, -0.15) is 5.10 Å². The molecule has 0 spiro atoms. The highest BCUT2D eigenvalue weighted by Gasteiger charge is 2.24. The standard InChI is InChI=1S/C14H25BrN4/c1-4-12-14(15)13(19(6-3)17-12)10-18(5-2)11-7-8-16-9-11/h11,16H,4-10H2,1-3H3. The van der Waals surface area contributed by atoms with Gasteiger partial charge in [-0.25, -0.2) is 0 Å². The summed E-state index contributed by atoms with van der Waals surface area (Å²) in [6.45, 7) is 11.9. The van der Waals surface area contributed by atoms with E-state index in [2.05, 4.69) is 56.7 Å². The van der Waals surface area contributed by atoms with Crippen LogP contribution in [-0.4, -0.2) is 40.4 Å². The van der Waals surface area contributed by atoms with Gasteiger partial charge in [0.05, 0.1) is 15.9 Å². The van der Waals surface area contributed by atoms with Crippen LogP contribution in [0.4, 0.5) is 0 Å². The lowest BCUT2D eigenvalue weighted by Gasteiger charge is -2.27. The summed E-state index contributed by atoms with van der Waals surface area (Å²) in [6, 6.07) is 0.669. The fourth-order valence-electron chi connectivity index (χ4n) is 2.81. The van der Waals surface area contributed by atoms with E-state index in [4.69, 9.17) is 0 Å². The lowest BCUT2D eigenvalue weighted by atomic mass is 10.2. The summed E-state index contributed by atoms with van der Waals surface area (Å²) in [7, 11) is 0. The molecule has 1 atom stereocenters. The third-order valence-electron chi connectivity index (χ3n) is 4.00. The molecule has 0 aliphatic carbocycles. The van der Waals surface area contributed by atoms with Crippen molar-refractivity contribution in [3.05, 3.63) is 15.9 Å². The average Bonchev–Trinajstić information content (AvgIpc) is 3.04. The van der Waals surface area contributed by atoms with Crippen molar-refractivity contribution >= 4 is 15.9 Å². The highest BCUT2D eigenvalue weighted by molar-refractivity contribution is 9.10. The first-order chi connectivity index (χ1) is 9.21. The van der Waals surface area contributed by atoms with Crippen LogP contribution in [0.25, 0.3) is 0 Å². The number of nitrogens with one attached hydrogen (secondary N) is 1. The first kappa shape index (κ1) is 15.0. The SMILES string of the molecule is CCc1nn(CC)c(CN(CC)C2CCNC2)c1Br. The lowest BCUT2D eigenvalue weighted by Crippen LogP contribution is -2.36. The van der Waals surface area contributed by atoms with E-state index in [1.54, 1.807) is 0 Å². The molecule has 2 rings (SSSR count). The van der Waals surface area contributed by atoms with Crippen LogP contribution in [0.15, 0.2) is 4.47 Å². The van der Waals surface area contributed by atoms with Gasteiger partial charge >= 0.3 is 0 Å². The second-order valence-corrected chi connectivity index (χ2v) is 5.88. The Morgan fingerprint density at radius 1 is 1.42 bits per heavy atom. The molecule has 1 aliphatic rings. The van der Waals surface area contributed by atoms with Crippen molar-refractivity contribution in [2.75, 3.05) is 19.6 Å². The van der Waals surface area contributed by atoms with Crippen molar-refractivity contribution in [3.63, 3.8) is 0 Å². The maximum Gasteiger partial charge on any atom is 0.0767 e. The first-order valence-electron chi connectivity index (χ1n) is 7.40. The molecule has 1 aromatic heterocycles. The van der Waals surface area contributed by atoms with E-state index in [9.17, 15) is 0 Å². The topological polar surface area (TPSA) is 33.1 Å². The number of nitrogens with zero attached hydrogens (tertiary/aromatic N) is 3. The van der Waals surface area contributed by atoms with Gasteiger partial charge < -0.3 is 5.32 Å². The Labute approximate surface area is 124 Å².